The summed E-state index contributed by atoms with van der Waals surface area (Å²) in [4.78, 5) is 37.4. The predicted octanol–water partition coefficient (Wildman–Crippen LogP) is 3.06. The summed E-state index contributed by atoms with van der Waals surface area (Å²) in [7, 11) is 0. The van der Waals surface area contributed by atoms with Crippen LogP contribution < -0.4 is 10.1 Å². The predicted molar refractivity (Wildman–Crippen MR) is 96.6 cm³/mol. The van der Waals surface area contributed by atoms with Crippen molar-refractivity contribution in [3.63, 3.8) is 0 Å². The number of likely N-dealkylation sites (tertiary alicyclic amines) is 1. The molecule has 2 unspecified atom stereocenters. The van der Waals surface area contributed by atoms with E-state index in [1.54, 1.807) is 38.1 Å². The topological polar surface area (TPSA) is 75.7 Å². The van der Waals surface area contributed by atoms with Crippen LogP contribution in [0, 0.1) is 11.8 Å². The number of rotatable bonds is 5. The molecule has 1 saturated heterocycles. The quantitative estimate of drug-likeness (QED) is 0.839. The fourth-order valence-electron chi connectivity index (χ4n) is 2.79. The van der Waals surface area contributed by atoms with Crippen LogP contribution >= 0.6 is 0 Å². The molecule has 0 bridgehead atoms. The average molecular weight is 352 g/mol. The summed E-state index contributed by atoms with van der Waals surface area (Å²) in [5, 5.41) is 2.70. The normalized spacial score (nSPS) is 19.5. The second-order valence-electron chi connectivity index (χ2n) is 6.33. The lowest BCUT2D eigenvalue weighted by atomic mass is 10.00. The Labute approximate surface area is 151 Å². The molecule has 2 aromatic carbocycles. The smallest absolute Gasteiger partial charge is 0.244 e. The van der Waals surface area contributed by atoms with Gasteiger partial charge in [0, 0.05) is 23.6 Å². The van der Waals surface area contributed by atoms with Gasteiger partial charge < -0.3 is 10.1 Å². The van der Waals surface area contributed by atoms with Gasteiger partial charge >= 0.3 is 0 Å². The molecule has 0 aromatic heterocycles. The maximum absolute atomic E-state index is 12.2. The minimum absolute atomic E-state index is 0.282. The average Bonchev–Trinajstić information content (AvgIpc) is 2.81. The molecule has 6 heteroatoms. The van der Waals surface area contributed by atoms with Crippen molar-refractivity contribution in [3.8, 4) is 11.5 Å². The van der Waals surface area contributed by atoms with E-state index in [2.05, 4.69) is 5.32 Å². The molecule has 1 aliphatic rings. The van der Waals surface area contributed by atoms with E-state index in [0.717, 1.165) is 4.90 Å². The summed E-state index contributed by atoms with van der Waals surface area (Å²) < 4.78 is 5.73. The van der Waals surface area contributed by atoms with Gasteiger partial charge in [-0.25, -0.2) is 0 Å². The minimum Gasteiger partial charge on any atom is -0.457 e. The molecular weight excluding hydrogens is 332 g/mol. The molecule has 0 saturated carbocycles. The van der Waals surface area contributed by atoms with Crippen molar-refractivity contribution in [1.29, 1.82) is 0 Å². The van der Waals surface area contributed by atoms with Gasteiger partial charge in [0.1, 0.15) is 18.0 Å². The van der Waals surface area contributed by atoms with Gasteiger partial charge in [0.15, 0.2) is 0 Å². The van der Waals surface area contributed by atoms with E-state index in [1.807, 2.05) is 30.3 Å². The molecule has 1 fully saturated rings. The second-order valence-corrected chi connectivity index (χ2v) is 6.33. The molecule has 26 heavy (non-hydrogen) atoms. The fourth-order valence-corrected chi connectivity index (χ4v) is 2.79. The highest BCUT2D eigenvalue weighted by molar-refractivity contribution is 6.08. The molecular formula is C20H20N2O4. The zero-order valence-electron chi connectivity index (χ0n) is 14.6. The lowest BCUT2D eigenvalue weighted by molar-refractivity contribution is -0.142. The number of hydrogen-bond donors (Lipinski definition) is 1. The largest absolute Gasteiger partial charge is 0.457 e. The van der Waals surface area contributed by atoms with Crippen LogP contribution in [0.1, 0.15) is 13.8 Å². The van der Waals surface area contributed by atoms with Crippen LogP contribution in [0.2, 0.25) is 0 Å². The summed E-state index contributed by atoms with van der Waals surface area (Å²) in [6.07, 6.45) is 0. The number of para-hydroxylation sites is 1. The lowest BCUT2D eigenvalue weighted by Gasteiger charge is -2.14. The number of hydrogen-bond acceptors (Lipinski definition) is 4. The van der Waals surface area contributed by atoms with Gasteiger partial charge in [-0.1, -0.05) is 38.1 Å². The number of benzene rings is 2. The Kier molecular flexibility index (Phi) is 5.02. The first-order chi connectivity index (χ1) is 12.5. The zero-order valence-corrected chi connectivity index (χ0v) is 14.6. The number of carbonyl (C=O) groups is 3. The van der Waals surface area contributed by atoms with E-state index >= 15 is 0 Å². The number of amides is 3. The van der Waals surface area contributed by atoms with Crippen molar-refractivity contribution in [1.82, 2.24) is 4.90 Å². The van der Waals surface area contributed by atoms with Gasteiger partial charge in [-0.3, -0.25) is 19.3 Å². The summed E-state index contributed by atoms with van der Waals surface area (Å²) in [5.74, 6) is -0.560. The number of nitrogens with one attached hydrogen (secondary N) is 1. The lowest BCUT2D eigenvalue weighted by Crippen LogP contribution is -2.38. The first-order valence-electron chi connectivity index (χ1n) is 8.44. The van der Waals surface area contributed by atoms with Crippen molar-refractivity contribution in [3.05, 3.63) is 54.6 Å². The SMILES string of the molecule is CC1C(=O)N(CC(=O)Nc2cccc(Oc3ccccc3)c2)C(=O)C1C. The molecule has 134 valence electrons. The van der Waals surface area contributed by atoms with Gasteiger partial charge in [0.2, 0.25) is 17.7 Å². The van der Waals surface area contributed by atoms with Gasteiger partial charge in [0.25, 0.3) is 0 Å². The molecule has 6 nitrogen and oxygen atoms in total. The highest BCUT2D eigenvalue weighted by Crippen LogP contribution is 2.26. The van der Waals surface area contributed by atoms with Crippen LogP contribution in [0.3, 0.4) is 0 Å². The highest BCUT2D eigenvalue weighted by atomic mass is 16.5. The molecule has 1 aliphatic heterocycles. The molecule has 1 N–H and O–H groups in total. The maximum Gasteiger partial charge on any atom is 0.244 e. The van der Waals surface area contributed by atoms with Crippen molar-refractivity contribution < 1.29 is 19.1 Å². The fraction of sp³-hybridized carbons (Fsp3) is 0.250. The molecule has 2 atom stereocenters. The summed E-state index contributed by atoms with van der Waals surface area (Å²) in [6.45, 7) is 3.12. The van der Waals surface area contributed by atoms with E-state index in [1.165, 1.54) is 0 Å². The minimum atomic E-state index is -0.426. The van der Waals surface area contributed by atoms with Gasteiger partial charge in [-0.2, -0.15) is 0 Å². The standard InChI is InChI=1S/C20H20N2O4/c1-13-14(2)20(25)22(19(13)24)12-18(23)21-15-7-6-10-17(11-15)26-16-8-4-3-5-9-16/h3-11,13-14H,12H2,1-2H3,(H,21,23). The van der Waals surface area contributed by atoms with Crippen molar-refractivity contribution >= 4 is 23.4 Å². The van der Waals surface area contributed by atoms with Crippen LogP contribution in [0.15, 0.2) is 54.6 Å². The Morgan fingerprint density at radius 2 is 1.58 bits per heavy atom. The van der Waals surface area contributed by atoms with Crippen LogP contribution in [0.4, 0.5) is 5.69 Å². The van der Waals surface area contributed by atoms with E-state index in [-0.39, 0.29) is 18.4 Å². The van der Waals surface area contributed by atoms with Crippen molar-refractivity contribution in [2.75, 3.05) is 11.9 Å². The van der Waals surface area contributed by atoms with E-state index < -0.39 is 17.7 Å². The second kappa shape index (κ2) is 7.39. The van der Waals surface area contributed by atoms with Crippen LogP contribution in [0.5, 0.6) is 11.5 Å². The number of imide groups is 1. The number of ether oxygens (including phenoxy) is 1. The Bertz CT molecular complexity index is 815. The van der Waals surface area contributed by atoms with E-state index in [0.29, 0.717) is 17.2 Å². The van der Waals surface area contributed by atoms with Crippen LogP contribution in [-0.2, 0) is 14.4 Å². The molecule has 0 radical (unpaired) electrons. The zero-order chi connectivity index (χ0) is 18.7. The Hall–Kier alpha value is -3.15. The summed E-state index contributed by atoms with van der Waals surface area (Å²) in [6, 6.07) is 16.2. The first-order valence-corrected chi connectivity index (χ1v) is 8.44. The van der Waals surface area contributed by atoms with Crippen LogP contribution in [0.25, 0.3) is 0 Å². The van der Waals surface area contributed by atoms with Crippen molar-refractivity contribution in [2.24, 2.45) is 11.8 Å². The number of nitrogens with zero attached hydrogens (tertiary/aromatic N) is 1. The number of carbonyl (C=O) groups excluding carboxylic acids is 3. The monoisotopic (exact) mass is 352 g/mol. The van der Waals surface area contributed by atoms with Crippen molar-refractivity contribution in [2.45, 2.75) is 13.8 Å². The van der Waals surface area contributed by atoms with Crippen LogP contribution in [-0.4, -0.2) is 29.2 Å². The third-order valence-electron chi connectivity index (χ3n) is 4.46. The van der Waals surface area contributed by atoms with E-state index in [9.17, 15) is 14.4 Å². The Balaban J connectivity index is 1.64. The third kappa shape index (κ3) is 3.74. The molecule has 0 aliphatic carbocycles. The van der Waals surface area contributed by atoms with Gasteiger partial charge in [-0.05, 0) is 24.3 Å². The van der Waals surface area contributed by atoms with Gasteiger partial charge in [0.05, 0.1) is 0 Å². The highest BCUT2D eigenvalue weighted by Gasteiger charge is 2.42. The molecule has 0 spiro atoms. The van der Waals surface area contributed by atoms with Gasteiger partial charge in [-0.15, -0.1) is 0 Å². The summed E-state index contributed by atoms with van der Waals surface area (Å²) in [5.41, 5.74) is 0.531. The Morgan fingerprint density at radius 3 is 2.23 bits per heavy atom. The molecule has 3 amide bonds. The number of anilines is 1. The Morgan fingerprint density at radius 1 is 0.962 bits per heavy atom. The molecule has 1 heterocycles. The first kappa shape index (κ1) is 17.7. The maximum atomic E-state index is 12.2. The van der Waals surface area contributed by atoms with E-state index in [4.69, 9.17) is 4.74 Å². The molecule has 3 rings (SSSR count). The molecule has 2 aromatic rings. The third-order valence-corrected chi connectivity index (χ3v) is 4.46. The summed E-state index contributed by atoms with van der Waals surface area (Å²) >= 11 is 0.